The largest absolute Gasteiger partial charge is 0.461 e. The van der Waals surface area contributed by atoms with Crippen molar-refractivity contribution in [2.75, 3.05) is 6.61 Å². The number of imidazole rings is 1. The van der Waals surface area contributed by atoms with E-state index in [-0.39, 0.29) is 22.7 Å². The van der Waals surface area contributed by atoms with Crippen molar-refractivity contribution < 1.29 is 14.3 Å². The third kappa shape index (κ3) is 2.99. The van der Waals surface area contributed by atoms with E-state index in [2.05, 4.69) is 19.6 Å². The van der Waals surface area contributed by atoms with E-state index in [0.29, 0.717) is 5.56 Å². The molecule has 3 rings (SSSR count). The zero-order chi connectivity index (χ0) is 16.2. The van der Waals surface area contributed by atoms with E-state index in [1.54, 1.807) is 31.2 Å². The lowest BCUT2D eigenvalue weighted by atomic mass is 10.2. The summed E-state index contributed by atoms with van der Waals surface area (Å²) in [5.41, 5.74) is 0.688. The van der Waals surface area contributed by atoms with E-state index >= 15 is 0 Å². The molecule has 0 saturated carbocycles. The molecule has 0 aliphatic heterocycles. The molecular weight excluding hydrogens is 318 g/mol. The summed E-state index contributed by atoms with van der Waals surface area (Å²) < 4.78 is 10.2. The molecular formula is C14H11N5O3S. The van der Waals surface area contributed by atoms with Crippen LogP contribution in [0, 0.1) is 0 Å². The maximum atomic E-state index is 12.2. The van der Waals surface area contributed by atoms with Crippen molar-refractivity contribution in [2.24, 2.45) is 4.99 Å². The zero-order valence-corrected chi connectivity index (χ0v) is 12.9. The smallest absolute Gasteiger partial charge is 0.360 e. The molecule has 1 amide bonds. The zero-order valence-electron chi connectivity index (χ0n) is 12.0. The SMILES string of the molecule is CCOC(=O)c1ncn2c(=NC(=O)c3ccccc3)snnc12. The monoisotopic (exact) mass is 329 g/mol. The van der Waals surface area contributed by atoms with E-state index in [0.717, 1.165) is 11.5 Å². The Morgan fingerprint density at radius 3 is 2.83 bits per heavy atom. The van der Waals surface area contributed by atoms with E-state index in [4.69, 9.17) is 4.74 Å². The van der Waals surface area contributed by atoms with Crippen LogP contribution in [0.5, 0.6) is 0 Å². The number of esters is 1. The van der Waals surface area contributed by atoms with Crippen LogP contribution in [0.1, 0.15) is 27.8 Å². The van der Waals surface area contributed by atoms with Gasteiger partial charge in [-0.2, -0.15) is 4.99 Å². The number of nitrogens with zero attached hydrogens (tertiary/aromatic N) is 5. The highest BCUT2D eigenvalue weighted by atomic mass is 32.1. The van der Waals surface area contributed by atoms with Crippen molar-refractivity contribution in [1.29, 1.82) is 0 Å². The number of hydrogen-bond acceptors (Lipinski definition) is 7. The van der Waals surface area contributed by atoms with Gasteiger partial charge in [0.05, 0.1) is 6.61 Å². The molecule has 0 bridgehead atoms. The average molecular weight is 329 g/mol. The number of hydrogen-bond donors (Lipinski definition) is 0. The summed E-state index contributed by atoms with van der Waals surface area (Å²) in [5, 5.41) is 3.88. The highest BCUT2D eigenvalue weighted by Crippen LogP contribution is 2.06. The normalized spacial score (nSPS) is 11.6. The number of rotatable bonds is 3. The fraction of sp³-hybridized carbons (Fsp3) is 0.143. The van der Waals surface area contributed by atoms with E-state index < -0.39 is 11.9 Å². The van der Waals surface area contributed by atoms with Gasteiger partial charge >= 0.3 is 5.97 Å². The predicted molar refractivity (Wildman–Crippen MR) is 81.0 cm³/mol. The minimum absolute atomic E-state index is 0.0377. The summed E-state index contributed by atoms with van der Waals surface area (Å²) in [6.45, 7) is 1.92. The molecule has 0 aliphatic rings. The molecule has 0 radical (unpaired) electrons. The van der Waals surface area contributed by atoms with Crippen LogP contribution in [0.15, 0.2) is 41.7 Å². The Morgan fingerprint density at radius 2 is 2.09 bits per heavy atom. The van der Waals surface area contributed by atoms with E-state index in [9.17, 15) is 9.59 Å². The average Bonchev–Trinajstić information content (AvgIpc) is 3.01. The molecule has 2 aromatic heterocycles. The second kappa shape index (κ2) is 6.44. The van der Waals surface area contributed by atoms with E-state index in [1.807, 2.05) is 6.07 Å². The molecule has 116 valence electrons. The number of benzene rings is 1. The summed E-state index contributed by atoms with van der Waals surface area (Å²) in [4.78, 5) is 32.3. The van der Waals surface area contributed by atoms with Crippen molar-refractivity contribution in [3.05, 3.63) is 52.7 Å². The molecule has 0 fully saturated rings. The van der Waals surface area contributed by atoms with Crippen LogP contribution >= 0.6 is 11.5 Å². The number of carbonyl (C=O) groups excluding carboxylic acids is 2. The second-order valence-corrected chi connectivity index (χ2v) is 5.06. The van der Waals surface area contributed by atoms with Crippen LogP contribution in [-0.2, 0) is 4.74 Å². The lowest BCUT2D eigenvalue weighted by molar-refractivity contribution is 0.0522. The Kier molecular flexibility index (Phi) is 4.20. The van der Waals surface area contributed by atoms with Gasteiger partial charge in [-0.05, 0) is 19.1 Å². The summed E-state index contributed by atoms with van der Waals surface area (Å²) in [7, 11) is 0. The molecule has 0 aliphatic carbocycles. The molecule has 0 unspecified atom stereocenters. The Balaban J connectivity index is 2.07. The Bertz CT molecular complexity index is 932. The predicted octanol–water partition coefficient (Wildman–Crippen LogP) is 1.10. The first-order valence-corrected chi connectivity index (χ1v) is 7.49. The van der Waals surface area contributed by atoms with Gasteiger partial charge in [-0.3, -0.25) is 9.20 Å². The quantitative estimate of drug-likeness (QED) is 0.667. The van der Waals surface area contributed by atoms with Gasteiger partial charge < -0.3 is 4.74 Å². The van der Waals surface area contributed by atoms with Gasteiger partial charge in [-0.1, -0.05) is 22.7 Å². The highest BCUT2D eigenvalue weighted by Gasteiger charge is 2.17. The van der Waals surface area contributed by atoms with Crippen molar-refractivity contribution in [3.8, 4) is 0 Å². The van der Waals surface area contributed by atoms with Gasteiger partial charge in [0.15, 0.2) is 11.3 Å². The maximum Gasteiger partial charge on any atom is 0.360 e. The van der Waals surface area contributed by atoms with Crippen molar-refractivity contribution in [1.82, 2.24) is 19.0 Å². The van der Waals surface area contributed by atoms with Crippen LogP contribution in [0.3, 0.4) is 0 Å². The number of amides is 1. The lowest BCUT2D eigenvalue weighted by Crippen LogP contribution is -2.15. The van der Waals surface area contributed by atoms with Crippen molar-refractivity contribution >= 4 is 29.1 Å². The topological polar surface area (TPSA) is 98.8 Å². The summed E-state index contributed by atoms with van der Waals surface area (Å²) in [6, 6.07) is 8.65. The maximum absolute atomic E-state index is 12.2. The molecule has 0 saturated heterocycles. The number of fused-ring (bicyclic) bond motifs is 1. The minimum Gasteiger partial charge on any atom is -0.461 e. The van der Waals surface area contributed by atoms with Crippen LogP contribution in [0.25, 0.3) is 5.65 Å². The number of aromatic nitrogens is 4. The fourth-order valence-electron chi connectivity index (χ4n) is 1.87. The summed E-state index contributed by atoms with van der Waals surface area (Å²) >= 11 is 0.926. The molecule has 0 spiro atoms. The van der Waals surface area contributed by atoms with Crippen molar-refractivity contribution in [3.63, 3.8) is 0 Å². The first kappa shape index (κ1) is 15.0. The number of carbonyl (C=O) groups is 2. The molecule has 0 atom stereocenters. The van der Waals surface area contributed by atoms with Crippen LogP contribution < -0.4 is 4.80 Å². The number of ether oxygens (including phenoxy) is 1. The Hall–Kier alpha value is -2.94. The van der Waals surface area contributed by atoms with Gasteiger partial charge in [0.25, 0.3) is 5.91 Å². The third-order valence-corrected chi connectivity index (χ3v) is 3.51. The van der Waals surface area contributed by atoms with Gasteiger partial charge in [0, 0.05) is 17.1 Å². The molecule has 23 heavy (non-hydrogen) atoms. The standard InChI is InChI=1S/C14H11N5O3S/c1-2-22-13(21)10-11-17-18-23-14(19(11)8-15-10)16-12(20)9-6-4-3-5-7-9/h3-8H,2H2,1H3. The molecule has 0 N–H and O–H groups in total. The second-order valence-electron chi connectivity index (χ2n) is 4.35. The van der Waals surface area contributed by atoms with Gasteiger partial charge in [-0.15, -0.1) is 5.10 Å². The van der Waals surface area contributed by atoms with Gasteiger partial charge in [-0.25, -0.2) is 9.78 Å². The molecule has 3 aromatic rings. The van der Waals surface area contributed by atoms with Crippen LogP contribution in [0.2, 0.25) is 0 Å². The van der Waals surface area contributed by atoms with Gasteiger partial charge in [0.1, 0.15) is 6.33 Å². The van der Waals surface area contributed by atoms with Gasteiger partial charge in [0.2, 0.25) is 4.80 Å². The molecule has 8 nitrogen and oxygen atoms in total. The summed E-state index contributed by atoms with van der Waals surface area (Å²) in [5.74, 6) is -1.01. The highest BCUT2D eigenvalue weighted by molar-refractivity contribution is 7.02. The molecule has 1 aromatic carbocycles. The minimum atomic E-state index is -0.596. The first-order chi connectivity index (χ1) is 11.2. The van der Waals surface area contributed by atoms with Crippen LogP contribution in [0.4, 0.5) is 0 Å². The molecule has 9 heteroatoms. The van der Waals surface area contributed by atoms with E-state index in [1.165, 1.54) is 10.7 Å². The molecule has 2 heterocycles. The summed E-state index contributed by atoms with van der Waals surface area (Å²) in [6.07, 6.45) is 1.36. The Morgan fingerprint density at radius 1 is 1.30 bits per heavy atom. The van der Waals surface area contributed by atoms with Crippen LogP contribution in [-0.4, -0.2) is 37.5 Å². The van der Waals surface area contributed by atoms with Crippen molar-refractivity contribution in [2.45, 2.75) is 6.92 Å². The third-order valence-electron chi connectivity index (χ3n) is 2.89. The lowest BCUT2D eigenvalue weighted by Gasteiger charge is -1.98. The Labute approximate surface area is 134 Å². The fourth-order valence-corrected chi connectivity index (χ4v) is 2.40. The first-order valence-electron chi connectivity index (χ1n) is 6.71.